The molecule has 0 saturated heterocycles. The van der Waals surface area contributed by atoms with Crippen LogP contribution in [0.2, 0.25) is 0 Å². The predicted molar refractivity (Wildman–Crippen MR) is 101 cm³/mol. The topological polar surface area (TPSA) is 25.2 Å². The highest BCUT2D eigenvalue weighted by atomic mass is 32.2. The normalized spacial score (nSPS) is 21.0. The number of rotatable bonds is 3. The van der Waals surface area contributed by atoms with Gasteiger partial charge in [0.15, 0.2) is 0 Å². The van der Waals surface area contributed by atoms with E-state index < -0.39 is 0 Å². The number of benzene rings is 2. The smallest absolute Gasteiger partial charge is 0.267 e. The molecule has 5 rings (SSSR count). The zero-order valence-electron chi connectivity index (χ0n) is 13.7. The summed E-state index contributed by atoms with van der Waals surface area (Å²) in [4.78, 5) is 12.9. The molecule has 0 saturated carbocycles. The summed E-state index contributed by atoms with van der Waals surface area (Å²) < 4.78 is 2.07. The van der Waals surface area contributed by atoms with Crippen molar-refractivity contribution < 1.29 is 4.79 Å². The molecule has 2 atom stereocenters. The van der Waals surface area contributed by atoms with Gasteiger partial charge in [0.1, 0.15) is 0 Å². The van der Waals surface area contributed by atoms with Crippen molar-refractivity contribution in [3.05, 3.63) is 95.3 Å². The second-order valence-corrected chi connectivity index (χ2v) is 7.74. The summed E-state index contributed by atoms with van der Waals surface area (Å²) in [7, 11) is 0. The minimum atomic E-state index is 0.115. The minimum absolute atomic E-state index is 0.115. The van der Waals surface area contributed by atoms with Gasteiger partial charge < -0.3 is 0 Å². The molecule has 3 aromatic rings. The van der Waals surface area contributed by atoms with E-state index in [2.05, 4.69) is 47.1 Å². The number of hydrogen-bond acceptors (Lipinski definition) is 2. The molecule has 0 N–H and O–H groups in total. The second-order valence-electron chi connectivity index (χ2n) is 6.55. The van der Waals surface area contributed by atoms with Crippen LogP contribution in [0.5, 0.6) is 0 Å². The number of nitrogens with zero attached hydrogens (tertiary/aromatic N) is 2. The summed E-state index contributed by atoms with van der Waals surface area (Å²) in [5.74, 6) is 1.10. The Kier molecular flexibility index (Phi) is 3.45. The van der Waals surface area contributed by atoms with E-state index in [4.69, 9.17) is 0 Å². The molecule has 2 aromatic carbocycles. The molecule has 0 bridgehead atoms. The SMILES string of the molecule is O=C1c2ccccc2C2CC(SCc3ccccc3)c3cccn3N12. The summed E-state index contributed by atoms with van der Waals surface area (Å²) >= 11 is 1.96. The quantitative estimate of drug-likeness (QED) is 0.687. The van der Waals surface area contributed by atoms with E-state index in [9.17, 15) is 4.79 Å². The lowest BCUT2D eigenvalue weighted by molar-refractivity contribution is 0.0954. The van der Waals surface area contributed by atoms with E-state index in [0.717, 1.165) is 23.3 Å². The van der Waals surface area contributed by atoms with Gasteiger partial charge in [0.25, 0.3) is 5.91 Å². The highest BCUT2D eigenvalue weighted by Crippen LogP contribution is 2.48. The molecule has 2 aliphatic rings. The zero-order chi connectivity index (χ0) is 16.8. The highest BCUT2D eigenvalue weighted by Gasteiger charge is 2.43. The van der Waals surface area contributed by atoms with E-state index in [1.165, 1.54) is 11.3 Å². The van der Waals surface area contributed by atoms with Gasteiger partial charge in [0.05, 0.1) is 11.7 Å². The van der Waals surface area contributed by atoms with Gasteiger partial charge in [-0.15, -0.1) is 11.8 Å². The Hall–Kier alpha value is -2.46. The fourth-order valence-corrected chi connectivity index (χ4v) is 5.20. The summed E-state index contributed by atoms with van der Waals surface area (Å²) in [6.07, 6.45) is 2.98. The number of hydrogen-bond donors (Lipinski definition) is 0. The van der Waals surface area contributed by atoms with E-state index >= 15 is 0 Å². The van der Waals surface area contributed by atoms with Crippen molar-refractivity contribution >= 4 is 17.7 Å². The first kappa shape index (κ1) is 14.8. The van der Waals surface area contributed by atoms with Crippen LogP contribution in [0.25, 0.3) is 0 Å². The molecule has 3 heterocycles. The van der Waals surface area contributed by atoms with Gasteiger partial charge in [-0.3, -0.25) is 9.47 Å². The fourth-order valence-electron chi connectivity index (χ4n) is 3.94. The molecule has 3 nitrogen and oxygen atoms in total. The van der Waals surface area contributed by atoms with Gasteiger partial charge in [-0.1, -0.05) is 48.5 Å². The molecule has 0 fully saturated rings. The molecule has 25 heavy (non-hydrogen) atoms. The van der Waals surface area contributed by atoms with Crippen LogP contribution >= 0.6 is 11.8 Å². The third kappa shape index (κ3) is 2.32. The zero-order valence-corrected chi connectivity index (χ0v) is 14.5. The second kappa shape index (κ2) is 5.81. The van der Waals surface area contributed by atoms with Crippen LogP contribution < -0.4 is 5.01 Å². The maximum Gasteiger partial charge on any atom is 0.273 e. The molecular formula is C21H18N2OS. The Labute approximate surface area is 151 Å². The molecule has 2 aliphatic heterocycles. The maximum absolute atomic E-state index is 12.9. The molecule has 0 aliphatic carbocycles. The van der Waals surface area contributed by atoms with Gasteiger partial charge in [0, 0.05) is 22.8 Å². The van der Waals surface area contributed by atoms with Crippen molar-refractivity contribution in [2.45, 2.75) is 23.5 Å². The van der Waals surface area contributed by atoms with Crippen molar-refractivity contribution in [2.24, 2.45) is 0 Å². The molecule has 0 radical (unpaired) electrons. The Morgan fingerprint density at radius 2 is 1.76 bits per heavy atom. The van der Waals surface area contributed by atoms with Crippen molar-refractivity contribution in [1.82, 2.24) is 4.68 Å². The highest BCUT2D eigenvalue weighted by molar-refractivity contribution is 7.98. The number of amides is 1. The molecule has 4 heteroatoms. The first-order chi connectivity index (χ1) is 12.3. The molecule has 1 aromatic heterocycles. The van der Waals surface area contributed by atoms with Gasteiger partial charge in [-0.05, 0) is 35.7 Å². The van der Waals surface area contributed by atoms with Crippen LogP contribution in [0, 0.1) is 0 Å². The lowest BCUT2D eigenvalue weighted by Crippen LogP contribution is -2.42. The molecule has 2 unspecified atom stereocenters. The number of aromatic nitrogens is 1. The third-order valence-electron chi connectivity index (χ3n) is 5.11. The van der Waals surface area contributed by atoms with Crippen molar-refractivity contribution in [3.63, 3.8) is 0 Å². The first-order valence-corrected chi connectivity index (χ1v) is 9.63. The van der Waals surface area contributed by atoms with E-state index in [1.807, 2.05) is 47.2 Å². The largest absolute Gasteiger partial charge is 0.273 e. The first-order valence-electron chi connectivity index (χ1n) is 8.58. The molecule has 0 spiro atoms. The Morgan fingerprint density at radius 3 is 2.64 bits per heavy atom. The molecule has 1 amide bonds. The molecular weight excluding hydrogens is 328 g/mol. The average Bonchev–Trinajstić information content (AvgIpc) is 3.25. The summed E-state index contributed by atoms with van der Waals surface area (Å²) in [5, 5.41) is 2.31. The number of carbonyl (C=O) groups excluding carboxylic acids is 1. The average molecular weight is 346 g/mol. The lowest BCUT2D eigenvalue weighted by atomic mass is 9.99. The van der Waals surface area contributed by atoms with Crippen LogP contribution in [0.3, 0.4) is 0 Å². The Bertz CT molecular complexity index is 934. The van der Waals surface area contributed by atoms with Gasteiger partial charge in [0.2, 0.25) is 0 Å². The number of fused-ring (bicyclic) bond motifs is 5. The van der Waals surface area contributed by atoms with Crippen LogP contribution in [-0.4, -0.2) is 10.6 Å². The summed E-state index contributed by atoms with van der Waals surface area (Å²) in [6, 6.07) is 23.0. The van der Waals surface area contributed by atoms with Crippen molar-refractivity contribution in [3.8, 4) is 0 Å². The van der Waals surface area contributed by atoms with Gasteiger partial charge >= 0.3 is 0 Å². The van der Waals surface area contributed by atoms with Gasteiger partial charge in [-0.2, -0.15) is 0 Å². The van der Waals surface area contributed by atoms with Crippen LogP contribution in [0.1, 0.15) is 44.9 Å². The fraction of sp³-hybridized carbons (Fsp3) is 0.190. The summed E-state index contributed by atoms with van der Waals surface area (Å²) in [6.45, 7) is 0. The Morgan fingerprint density at radius 1 is 0.960 bits per heavy atom. The third-order valence-corrected chi connectivity index (χ3v) is 6.44. The lowest BCUT2D eigenvalue weighted by Gasteiger charge is -2.37. The van der Waals surface area contributed by atoms with Crippen LogP contribution in [-0.2, 0) is 5.75 Å². The maximum atomic E-state index is 12.9. The van der Waals surface area contributed by atoms with E-state index in [1.54, 1.807) is 0 Å². The van der Waals surface area contributed by atoms with E-state index in [-0.39, 0.29) is 11.9 Å². The monoisotopic (exact) mass is 346 g/mol. The van der Waals surface area contributed by atoms with Crippen LogP contribution in [0.15, 0.2) is 72.9 Å². The van der Waals surface area contributed by atoms with E-state index in [0.29, 0.717) is 5.25 Å². The summed E-state index contributed by atoms with van der Waals surface area (Å²) in [5.41, 5.74) is 4.58. The minimum Gasteiger partial charge on any atom is -0.267 e. The molecule has 124 valence electrons. The predicted octanol–water partition coefficient (Wildman–Crippen LogP) is 4.70. The standard InChI is InChI=1S/C21H18N2OS/c24-21-17-10-5-4-9-16(17)19-13-20(18-11-6-12-22(18)23(19)21)25-14-15-7-2-1-3-8-15/h1-12,19-20H,13-14H2. The number of carbonyl (C=O) groups is 1. The van der Waals surface area contributed by atoms with Crippen LogP contribution in [0.4, 0.5) is 0 Å². The van der Waals surface area contributed by atoms with Crippen molar-refractivity contribution in [2.75, 3.05) is 5.01 Å². The van der Waals surface area contributed by atoms with Crippen molar-refractivity contribution in [1.29, 1.82) is 0 Å². The number of thioether (sulfide) groups is 1. The van der Waals surface area contributed by atoms with Gasteiger partial charge in [-0.25, -0.2) is 5.01 Å². The Balaban J connectivity index is 1.49.